The van der Waals surface area contributed by atoms with Crippen LogP contribution in [0.25, 0.3) is 0 Å². The molecule has 1 heterocycles. The lowest BCUT2D eigenvalue weighted by Crippen LogP contribution is -2.41. The average molecular weight is 246 g/mol. The van der Waals surface area contributed by atoms with E-state index < -0.39 is 0 Å². The zero-order chi connectivity index (χ0) is 13.0. The van der Waals surface area contributed by atoms with Crippen LogP contribution >= 0.6 is 0 Å². The van der Waals surface area contributed by atoms with Crippen molar-refractivity contribution >= 4 is 5.91 Å². The summed E-state index contributed by atoms with van der Waals surface area (Å²) in [5.74, 6) is 0.245. The fraction of sp³-hybridized carbons (Fsp3) is 0.533. The highest BCUT2D eigenvalue weighted by Crippen LogP contribution is 2.23. The van der Waals surface area contributed by atoms with Crippen molar-refractivity contribution in [2.45, 2.75) is 31.7 Å². The fourth-order valence-corrected chi connectivity index (χ4v) is 2.63. The van der Waals surface area contributed by atoms with Crippen LogP contribution in [-0.4, -0.2) is 37.0 Å². The molecule has 2 unspecified atom stereocenters. The monoisotopic (exact) mass is 246 g/mol. The van der Waals surface area contributed by atoms with E-state index in [0.717, 1.165) is 31.5 Å². The smallest absolute Gasteiger partial charge is 0.230 e. The molecule has 1 aromatic carbocycles. The molecule has 1 amide bonds. The van der Waals surface area contributed by atoms with Crippen molar-refractivity contribution < 1.29 is 4.79 Å². The Labute approximate surface area is 109 Å². The van der Waals surface area contributed by atoms with E-state index >= 15 is 0 Å². The Kier molecular flexibility index (Phi) is 4.37. The van der Waals surface area contributed by atoms with Crippen LogP contribution in [-0.2, 0) is 4.79 Å². The van der Waals surface area contributed by atoms with Gasteiger partial charge in [-0.2, -0.15) is 0 Å². The summed E-state index contributed by atoms with van der Waals surface area (Å²) in [6.45, 7) is 4.02. The van der Waals surface area contributed by atoms with Crippen LogP contribution in [0.4, 0.5) is 0 Å². The second kappa shape index (κ2) is 6.01. The maximum absolute atomic E-state index is 12.6. The lowest BCUT2D eigenvalue weighted by molar-refractivity contribution is -0.133. The number of amides is 1. The molecule has 1 aliphatic heterocycles. The van der Waals surface area contributed by atoms with Gasteiger partial charge < -0.3 is 10.2 Å². The molecule has 0 bridgehead atoms. The van der Waals surface area contributed by atoms with E-state index in [1.54, 1.807) is 0 Å². The molecule has 2 rings (SSSR count). The molecule has 0 aliphatic carbocycles. The Morgan fingerprint density at radius 3 is 2.72 bits per heavy atom. The number of carbonyl (C=O) groups excluding carboxylic acids is 1. The summed E-state index contributed by atoms with van der Waals surface area (Å²) in [6.07, 6.45) is 1.92. The number of likely N-dealkylation sites (N-methyl/N-ethyl adjacent to an activating group) is 1. The first-order valence-electron chi connectivity index (χ1n) is 6.76. The first-order valence-corrected chi connectivity index (χ1v) is 6.76. The predicted molar refractivity (Wildman–Crippen MR) is 73.5 cm³/mol. The van der Waals surface area contributed by atoms with Crippen molar-refractivity contribution in [2.75, 3.05) is 20.1 Å². The van der Waals surface area contributed by atoms with Crippen LogP contribution in [0, 0.1) is 0 Å². The fourth-order valence-electron chi connectivity index (χ4n) is 2.63. The number of hydrogen-bond acceptors (Lipinski definition) is 2. The highest BCUT2D eigenvalue weighted by molar-refractivity contribution is 5.83. The van der Waals surface area contributed by atoms with Gasteiger partial charge in [-0.1, -0.05) is 37.3 Å². The summed E-state index contributed by atoms with van der Waals surface area (Å²) in [7, 11) is 1.94. The van der Waals surface area contributed by atoms with Gasteiger partial charge in [-0.05, 0) is 24.9 Å². The molecule has 1 N–H and O–H groups in total. The van der Waals surface area contributed by atoms with Gasteiger partial charge in [0.05, 0.1) is 5.92 Å². The Morgan fingerprint density at radius 2 is 2.17 bits per heavy atom. The zero-order valence-electron chi connectivity index (χ0n) is 11.2. The standard InChI is InChI=1S/C15H22N2O/c1-3-14(12-7-5-4-6-8-12)15(18)17(2)13-9-10-16-11-13/h4-8,13-14,16H,3,9-11H2,1-2H3. The molecule has 0 aromatic heterocycles. The van der Waals surface area contributed by atoms with E-state index in [-0.39, 0.29) is 11.8 Å². The molecule has 3 heteroatoms. The molecule has 0 saturated carbocycles. The lowest BCUT2D eigenvalue weighted by atomic mass is 9.94. The molecular formula is C15H22N2O. The Morgan fingerprint density at radius 1 is 1.44 bits per heavy atom. The lowest BCUT2D eigenvalue weighted by Gasteiger charge is -2.28. The number of hydrogen-bond donors (Lipinski definition) is 1. The minimum atomic E-state index is -0.00296. The summed E-state index contributed by atoms with van der Waals surface area (Å²) in [5, 5.41) is 3.31. The normalized spacial score (nSPS) is 20.7. The van der Waals surface area contributed by atoms with Gasteiger partial charge in [0, 0.05) is 19.6 Å². The molecule has 1 aliphatic rings. The third-order valence-electron chi connectivity index (χ3n) is 3.84. The maximum atomic E-state index is 12.6. The van der Waals surface area contributed by atoms with E-state index in [1.165, 1.54) is 0 Å². The molecule has 0 spiro atoms. The second-order valence-corrected chi connectivity index (χ2v) is 4.97. The maximum Gasteiger partial charge on any atom is 0.230 e. The SMILES string of the molecule is CCC(C(=O)N(C)C1CCNC1)c1ccccc1. The largest absolute Gasteiger partial charge is 0.341 e. The van der Waals surface area contributed by atoms with Crippen molar-refractivity contribution in [3.8, 4) is 0 Å². The average Bonchev–Trinajstić information content (AvgIpc) is 2.94. The van der Waals surface area contributed by atoms with Crippen LogP contribution < -0.4 is 5.32 Å². The Hall–Kier alpha value is -1.35. The van der Waals surface area contributed by atoms with Crippen LogP contribution in [0.5, 0.6) is 0 Å². The first-order chi connectivity index (χ1) is 8.74. The molecule has 98 valence electrons. The molecule has 3 nitrogen and oxygen atoms in total. The zero-order valence-corrected chi connectivity index (χ0v) is 11.2. The van der Waals surface area contributed by atoms with Crippen LogP contribution in [0.1, 0.15) is 31.2 Å². The van der Waals surface area contributed by atoms with E-state index in [0.29, 0.717) is 6.04 Å². The van der Waals surface area contributed by atoms with Crippen molar-refractivity contribution in [1.82, 2.24) is 10.2 Å². The van der Waals surface area contributed by atoms with Crippen LogP contribution in [0.3, 0.4) is 0 Å². The summed E-state index contributed by atoms with van der Waals surface area (Å²) >= 11 is 0. The van der Waals surface area contributed by atoms with Crippen molar-refractivity contribution in [1.29, 1.82) is 0 Å². The highest BCUT2D eigenvalue weighted by atomic mass is 16.2. The van der Waals surface area contributed by atoms with Crippen molar-refractivity contribution in [2.24, 2.45) is 0 Å². The third kappa shape index (κ3) is 2.72. The summed E-state index contributed by atoms with van der Waals surface area (Å²) in [5.41, 5.74) is 1.13. The predicted octanol–water partition coefficient (Wildman–Crippen LogP) is 2.00. The topological polar surface area (TPSA) is 32.3 Å². The van der Waals surface area contributed by atoms with Gasteiger partial charge in [-0.15, -0.1) is 0 Å². The number of benzene rings is 1. The first kappa shape index (κ1) is 13.1. The molecule has 18 heavy (non-hydrogen) atoms. The van der Waals surface area contributed by atoms with Gasteiger partial charge in [-0.25, -0.2) is 0 Å². The summed E-state index contributed by atoms with van der Waals surface area (Å²) in [4.78, 5) is 14.5. The highest BCUT2D eigenvalue weighted by Gasteiger charge is 2.28. The van der Waals surface area contributed by atoms with Gasteiger partial charge in [0.2, 0.25) is 5.91 Å². The van der Waals surface area contributed by atoms with Gasteiger partial charge in [0.15, 0.2) is 0 Å². The molecule has 2 atom stereocenters. The molecule has 1 aromatic rings. The van der Waals surface area contributed by atoms with Crippen molar-refractivity contribution in [3.63, 3.8) is 0 Å². The van der Waals surface area contributed by atoms with E-state index in [4.69, 9.17) is 0 Å². The van der Waals surface area contributed by atoms with Gasteiger partial charge in [0.1, 0.15) is 0 Å². The van der Waals surface area contributed by atoms with Crippen LogP contribution in [0.15, 0.2) is 30.3 Å². The van der Waals surface area contributed by atoms with E-state index in [9.17, 15) is 4.79 Å². The number of nitrogens with one attached hydrogen (secondary N) is 1. The second-order valence-electron chi connectivity index (χ2n) is 4.97. The van der Waals surface area contributed by atoms with E-state index in [2.05, 4.69) is 12.2 Å². The van der Waals surface area contributed by atoms with Gasteiger partial charge in [-0.3, -0.25) is 4.79 Å². The van der Waals surface area contributed by atoms with Crippen molar-refractivity contribution in [3.05, 3.63) is 35.9 Å². The number of rotatable bonds is 4. The van der Waals surface area contributed by atoms with E-state index in [1.807, 2.05) is 42.3 Å². The summed E-state index contributed by atoms with van der Waals surface area (Å²) in [6, 6.07) is 10.4. The Bertz CT molecular complexity index is 385. The Balaban J connectivity index is 2.10. The minimum absolute atomic E-state index is 0.00296. The molecule has 0 radical (unpaired) electrons. The van der Waals surface area contributed by atoms with Gasteiger partial charge in [0.25, 0.3) is 0 Å². The molecule has 1 fully saturated rings. The third-order valence-corrected chi connectivity index (χ3v) is 3.84. The molecule has 1 saturated heterocycles. The van der Waals surface area contributed by atoms with Gasteiger partial charge >= 0.3 is 0 Å². The summed E-state index contributed by atoms with van der Waals surface area (Å²) < 4.78 is 0. The quantitative estimate of drug-likeness (QED) is 0.881. The number of carbonyl (C=O) groups is 1. The minimum Gasteiger partial charge on any atom is -0.341 e. The van der Waals surface area contributed by atoms with Crippen LogP contribution in [0.2, 0.25) is 0 Å². The molecular weight excluding hydrogens is 224 g/mol. The number of nitrogens with zero attached hydrogens (tertiary/aromatic N) is 1.